The van der Waals surface area contributed by atoms with Crippen molar-refractivity contribution in [3.8, 4) is 22.3 Å². The molecule has 0 fully saturated rings. The average molecular weight is 170 g/mol. The molecule has 1 heteroatoms. The second-order valence-corrected chi connectivity index (χ2v) is 3.27. The minimum atomic E-state index is -0.142. The highest BCUT2D eigenvalue weighted by molar-refractivity contribution is 5.78. The fourth-order valence-corrected chi connectivity index (χ4v) is 1.77. The molecule has 0 atom stereocenters. The van der Waals surface area contributed by atoms with Crippen molar-refractivity contribution in [1.29, 1.82) is 0 Å². The summed E-state index contributed by atoms with van der Waals surface area (Å²) in [7, 11) is 0. The first-order chi connectivity index (χ1) is 6.34. The van der Waals surface area contributed by atoms with E-state index in [1.165, 1.54) is 6.07 Å². The molecule has 0 aliphatic heterocycles. The van der Waals surface area contributed by atoms with Crippen LogP contribution in [0.1, 0.15) is 0 Å². The van der Waals surface area contributed by atoms with Crippen LogP contribution >= 0.6 is 0 Å². The predicted octanol–water partition coefficient (Wildman–Crippen LogP) is 3.47. The maximum Gasteiger partial charge on any atom is 0.131 e. The molecule has 0 radical (unpaired) electrons. The van der Waals surface area contributed by atoms with Gasteiger partial charge in [-0.2, -0.15) is 0 Å². The third-order valence-corrected chi connectivity index (χ3v) is 2.50. The number of fused-ring (bicyclic) bond motifs is 2. The molecule has 2 aliphatic carbocycles. The van der Waals surface area contributed by atoms with Crippen LogP contribution in [-0.2, 0) is 0 Å². The molecule has 0 aromatic heterocycles. The van der Waals surface area contributed by atoms with Crippen LogP contribution in [-0.4, -0.2) is 0 Å². The number of halogens is 1. The molecule has 0 N–H and O–H groups in total. The monoisotopic (exact) mass is 170 g/mol. The lowest BCUT2D eigenvalue weighted by Gasteiger charge is -1.99. The number of hydrogen-bond acceptors (Lipinski definition) is 0. The quantitative estimate of drug-likeness (QED) is 0.484. The predicted molar refractivity (Wildman–Crippen MR) is 50.8 cm³/mol. The smallest absolute Gasteiger partial charge is 0.131 e. The molecule has 4 bridgehead atoms. The fraction of sp³-hybridized carbons (Fsp3) is 0. The van der Waals surface area contributed by atoms with Gasteiger partial charge >= 0.3 is 0 Å². The Balaban J connectivity index is 2.51. The fourth-order valence-electron chi connectivity index (χ4n) is 1.77. The summed E-state index contributed by atoms with van der Waals surface area (Å²) >= 11 is 0. The zero-order valence-corrected chi connectivity index (χ0v) is 6.92. The minimum Gasteiger partial charge on any atom is -0.206 e. The Labute approximate surface area is 75.6 Å². The third kappa shape index (κ3) is 0.842. The summed E-state index contributed by atoms with van der Waals surface area (Å²) in [5.74, 6) is -0.142. The molecular weight excluding hydrogens is 163 g/mol. The van der Waals surface area contributed by atoms with Gasteiger partial charge < -0.3 is 0 Å². The molecule has 13 heavy (non-hydrogen) atoms. The molecule has 0 spiro atoms. The van der Waals surface area contributed by atoms with Gasteiger partial charge in [0.1, 0.15) is 5.82 Å². The second kappa shape index (κ2) is 2.19. The number of hydrogen-bond donors (Lipinski definition) is 0. The summed E-state index contributed by atoms with van der Waals surface area (Å²) in [6, 6.07) is 13.2. The van der Waals surface area contributed by atoms with E-state index in [4.69, 9.17) is 0 Å². The largest absolute Gasteiger partial charge is 0.206 e. The summed E-state index contributed by atoms with van der Waals surface area (Å²) in [6.45, 7) is 0. The van der Waals surface area contributed by atoms with Gasteiger partial charge in [-0.05, 0) is 28.8 Å². The van der Waals surface area contributed by atoms with Crippen LogP contribution in [0.2, 0.25) is 0 Å². The van der Waals surface area contributed by atoms with E-state index in [0.717, 1.165) is 16.7 Å². The highest BCUT2D eigenvalue weighted by atomic mass is 19.1. The maximum atomic E-state index is 13.3. The van der Waals surface area contributed by atoms with Crippen LogP contribution in [0.4, 0.5) is 4.39 Å². The SMILES string of the molecule is Fc1ccc2cc1-c1ccc-2cc1. The van der Waals surface area contributed by atoms with Crippen LogP contribution in [0.25, 0.3) is 22.3 Å². The summed E-state index contributed by atoms with van der Waals surface area (Å²) in [6.07, 6.45) is 0. The van der Waals surface area contributed by atoms with Crippen molar-refractivity contribution in [2.45, 2.75) is 0 Å². The molecule has 0 amide bonds. The summed E-state index contributed by atoms with van der Waals surface area (Å²) in [4.78, 5) is 0. The van der Waals surface area contributed by atoms with Crippen molar-refractivity contribution in [3.05, 3.63) is 48.3 Å². The Morgan fingerprint density at radius 1 is 0.692 bits per heavy atom. The zero-order chi connectivity index (χ0) is 8.84. The molecule has 0 heterocycles. The lowest BCUT2D eigenvalue weighted by molar-refractivity contribution is 0.631. The van der Waals surface area contributed by atoms with Crippen molar-refractivity contribution in [2.75, 3.05) is 0 Å². The Morgan fingerprint density at radius 2 is 1.31 bits per heavy atom. The van der Waals surface area contributed by atoms with E-state index in [2.05, 4.69) is 0 Å². The lowest BCUT2D eigenvalue weighted by Crippen LogP contribution is -1.80. The highest BCUT2D eigenvalue weighted by Gasteiger charge is 2.11. The van der Waals surface area contributed by atoms with E-state index >= 15 is 0 Å². The first-order valence-electron chi connectivity index (χ1n) is 4.25. The van der Waals surface area contributed by atoms with Gasteiger partial charge in [-0.25, -0.2) is 4.39 Å². The first kappa shape index (κ1) is 6.84. The van der Waals surface area contributed by atoms with E-state index in [1.54, 1.807) is 0 Å². The Hall–Kier alpha value is -1.63. The van der Waals surface area contributed by atoms with Crippen LogP contribution in [0, 0.1) is 5.82 Å². The zero-order valence-electron chi connectivity index (χ0n) is 6.92. The van der Waals surface area contributed by atoms with Crippen molar-refractivity contribution < 1.29 is 4.39 Å². The summed E-state index contributed by atoms with van der Waals surface area (Å²) in [5, 5.41) is 0. The van der Waals surface area contributed by atoms with Gasteiger partial charge in [0.2, 0.25) is 0 Å². The second-order valence-electron chi connectivity index (χ2n) is 3.27. The molecular formula is C12H7F. The standard InChI is InChI=1S/C12H7F/c13-12-6-5-10-7-11(12)9-3-1-8(10)2-4-9/h1-7H. The van der Waals surface area contributed by atoms with Gasteiger partial charge in [-0.15, -0.1) is 0 Å². The molecule has 0 saturated heterocycles. The average Bonchev–Trinajstić information content (AvgIpc) is 2.40. The van der Waals surface area contributed by atoms with Crippen molar-refractivity contribution in [3.63, 3.8) is 0 Å². The molecule has 2 aromatic rings. The highest BCUT2D eigenvalue weighted by Crippen LogP contribution is 2.33. The maximum absolute atomic E-state index is 13.3. The van der Waals surface area contributed by atoms with Gasteiger partial charge in [0.25, 0.3) is 0 Å². The Kier molecular flexibility index (Phi) is 1.15. The van der Waals surface area contributed by atoms with Gasteiger partial charge in [0.15, 0.2) is 0 Å². The molecule has 0 nitrogen and oxygen atoms in total. The third-order valence-electron chi connectivity index (χ3n) is 2.50. The van der Waals surface area contributed by atoms with E-state index < -0.39 is 0 Å². The van der Waals surface area contributed by atoms with Crippen LogP contribution in [0.15, 0.2) is 42.5 Å². The summed E-state index contributed by atoms with van der Waals surface area (Å²) in [5.41, 5.74) is 3.91. The normalized spacial score (nSPS) is 11.5. The van der Waals surface area contributed by atoms with Crippen LogP contribution in [0.3, 0.4) is 0 Å². The number of rotatable bonds is 0. The topological polar surface area (TPSA) is 0 Å². The van der Waals surface area contributed by atoms with Crippen LogP contribution < -0.4 is 0 Å². The summed E-state index contributed by atoms with van der Waals surface area (Å²) < 4.78 is 13.3. The molecule has 0 saturated carbocycles. The molecule has 4 rings (SSSR count). The molecule has 0 unspecified atom stereocenters. The van der Waals surface area contributed by atoms with Gasteiger partial charge in [0, 0.05) is 5.56 Å². The van der Waals surface area contributed by atoms with Gasteiger partial charge in [0.05, 0.1) is 0 Å². The van der Waals surface area contributed by atoms with E-state index in [0.29, 0.717) is 5.56 Å². The molecule has 2 aliphatic rings. The minimum absolute atomic E-state index is 0.142. The Morgan fingerprint density at radius 3 is 2.08 bits per heavy atom. The molecule has 62 valence electrons. The van der Waals surface area contributed by atoms with Gasteiger partial charge in [-0.1, -0.05) is 30.3 Å². The Bertz CT molecular complexity index is 469. The van der Waals surface area contributed by atoms with E-state index in [1.807, 2.05) is 36.4 Å². The van der Waals surface area contributed by atoms with E-state index in [9.17, 15) is 4.39 Å². The van der Waals surface area contributed by atoms with Crippen LogP contribution in [0.5, 0.6) is 0 Å². The van der Waals surface area contributed by atoms with Crippen molar-refractivity contribution in [1.82, 2.24) is 0 Å². The molecule has 2 aromatic carbocycles. The van der Waals surface area contributed by atoms with Gasteiger partial charge in [-0.3, -0.25) is 0 Å². The van der Waals surface area contributed by atoms with Crippen molar-refractivity contribution in [2.24, 2.45) is 0 Å². The lowest BCUT2D eigenvalue weighted by atomic mass is 10.1. The van der Waals surface area contributed by atoms with E-state index in [-0.39, 0.29) is 5.82 Å². The number of benzene rings is 2. The first-order valence-corrected chi connectivity index (χ1v) is 4.25. The van der Waals surface area contributed by atoms with Crippen molar-refractivity contribution >= 4 is 0 Å².